The van der Waals surface area contributed by atoms with Crippen LogP contribution < -0.4 is 10.1 Å². The van der Waals surface area contributed by atoms with Gasteiger partial charge in [0.05, 0.1) is 17.9 Å². The van der Waals surface area contributed by atoms with Crippen LogP contribution in [-0.4, -0.2) is 28.7 Å². The van der Waals surface area contributed by atoms with E-state index in [1.165, 1.54) is 7.11 Å². The van der Waals surface area contributed by atoms with Gasteiger partial charge in [-0.1, -0.05) is 0 Å². The van der Waals surface area contributed by atoms with Crippen molar-refractivity contribution in [2.24, 2.45) is 0 Å². The van der Waals surface area contributed by atoms with Crippen LogP contribution in [0.1, 0.15) is 11.3 Å². The molecular formula is C13H16BrN3O2. The first-order valence-corrected chi connectivity index (χ1v) is 6.73. The zero-order valence-electron chi connectivity index (χ0n) is 10.6. The summed E-state index contributed by atoms with van der Waals surface area (Å²) in [4.78, 5) is 7.03. The molecule has 1 aromatic carbocycles. The van der Waals surface area contributed by atoms with Crippen LogP contribution in [0.15, 0.2) is 29.1 Å². The molecule has 2 rings (SSSR count). The molecule has 0 unspecified atom stereocenters. The fourth-order valence-corrected chi connectivity index (χ4v) is 2.25. The third kappa shape index (κ3) is 3.71. The highest BCUT2D eigenvalue weighted by molar-refractivity contribution is 9.10. The highest BCUT2D eigenvalue weighted by Crippen LogP contribution is 2.35. The number of methoxy groups -OCH3 is 1. The van der Waals surface area contributed by atoms with E-state index in [1.54, 1.807) is 6.33 Å². The van der Waals surface area contributed by atoms with Crippen molar-refractivity contribution in [3.05, 3.63) is 40.4 Å². The van der Waals surface area contributed by atoms with Crippen molar-refractivity contribution in [3.63, 3.8) is 0 Å². The molecule has 5 nitrogen and oxygen atoms in total. The van der Waals surface area contributed by atoms with Gasteiger partial charge in [0.15, 0.2) is 11.5 Å². The van der Waals surface area contributed by atoms with E-state index in [0.717, 1.165) is 24.2 Å². The quantitative estimate of drug-likeness (QED) is 0.712. The summed E-state index contributed by atoms with van der Waals surface area (Å²) in [6.45, 7) is 1.56. The second kappa shape index (κ2) is 6.58. The van der Waals surface area contributed by atoms with Gasteiger partial charge in [-0.3, -0.25) is 0 Å². The Hall–Kier alpha value is -1.53. The van der Waals surface area contributed by atoms with Gasteiger partial charge in [-0.15, -0.1) is 0 Å². The molecule has 2 aromatic rings. The standard InChI is InChI=1S/C13H16BrN3O2/c1-19-12-5-9(4-11(14)13(12)18)6-15-3-2-10-7-16-8-17-10/h4-5,7-8,15,18H,2-3,6H2,1H3,(H,16,17). The third-order valence-electron chi connectivity index (χ3n) is 2.76. The number of aromatic hydroxyl groups is 1. The van der Waals surface area contributed by atoms with E-state index in [2.05, 4.69) is 31.2 Å². The number of nitrogens with one attached hydrogen (secondary N) is 2. The Morgan fingerprint density at radius 1 is 1.47 bits per heavy atom. The van der Waals surface area contributed by atoms with Gasteiger partial charge in [-0.05, 0) is 33.6 Å². The maximum atomic E-state index is 9.72. The number of H-pyrrole nitrogens is 1. The number of imidazole rings is 1. The molecule has 0 radical (unpaired) electrons. The fourth-order valence-electron chi connectivity index (χ4n) is 1.76. The van der Waals surface area contributed by atoms with E-state index >= 15 is 0 Å². The van der Waals surface area contributed by atoms with Crippen molar-refractivity contribution in [1.82, 2.24) is 15.3 Å². The Bertz CT molecular complexity index is 529. The minimum absolute atomic E-state index is 0.128. The van der Waals surface area contributed by atoms with Crippen LogP contribution in [0.2, 0.25) is 0 Å². The highest BCUT2D eigenvalue weighted by atomic mass is 79.9. The largest absolute Gasteiger partial charge is 0.503 e. The summed E-state index contributed by atoms with van der Waals surface area (Å²) in [5.41, 5.74) is 2.16. The maximum absolute atomic E-state index is 9.72. The molecule has 19 heavy (non-hydrogen) atoms. The molecule has 0 aliphatic rings. The first kappa shape index (κ1) is 13.9. The summed E-state index contributed by atoms with van der Waals surface area (Å²) >= 11 is 3.31. The first-order chi connectivity index (χ1) is 9.20. The van der Waals surface area contributed by atoms with Crippen LogP contribution >= 0.6 is 15.9 Å². The van der Waals surface area contributed by atoms with Crippen LogP contribution in [0.4, 0.5) is 0 Å². The average Bonchev–Trinajstić information content (AvgIpc) is 2.91. The Labute approximate surface area is 120 Å². The third-order valence-corrected chi connectivity index (χ3v) is 3.37. The van der Waals surface area contributed by atoms with Gasteiger partial charge in [0.1, 0.15) is 0 Å². The Kier molecular flexibility index (Phi) is 4.81. The lowest BCUT2D eigenvalue weighted by Gasteiger charge is -2.09. The van der Waals surface area contributed by atoms with Crippen molar-refractivity contribution in [2.75, 3.05) is 13.7 Å². The van der Waals surface area contributed by atoms with Crippen molar-refractivity contribution in [2.45, 2.75) is 13.0 Å². The summed E-state index contributed by atoms with van der Waals surface area (Å²) in [6, 6.07) is 3.70. The Morgan fingerprint density at radius 3 is 3.00 bits per heavy atom. The molecule has 0 amide bonds. The summed E-state index contributed by atoms with van der Waals surface area (Å²) in [6.07, 6.45) is 4.40. The lowest BCUT2D eigenvalue weighted by Crippen LogP contribution is -2.16. The molecule has 0 aliphatic heterocycles. The van der Waals surface area contributed by atoms with Crippen LogP contribution in [0.5, 0.6) is 11.5 Å². The molecule has 0 saturated heterocycles. The van der Waals surface area contributed by atoms with Gasteiger partial charge in [-0.2, -0.15) is 0 Å². The predicted octanol–water partition coefficient (Wildman–Crippen LogP) is 2.22. The minimum atomic E-state index is 0.128. The number of phenolic OH excluding ortho intramolecular Hbond substituents is 1. The molecule has 1 aromatic heterocycles. The molecule has 0 bridgehead atoms. The van der Waals surface area contributed by atoms with E-state index < -0.39 is 0 Å². The fraction of sp³-hybridized carbons (Fsp3) is 0.308. The average molecular weight is 326 g/mol. The van der Waals surface area contributed by atoms with Crippen LogP contribution in [0, 0.1) is 0 Å². The van der Waals surface area contributed by atoms with Crippen molar-refractivity contribution >= 4 is 15.9 Å². The van der Waals surface area contributed by atoms with Crippen LogP contribution in [-0.2, 0) is 13.0 Å². The van der Waals surface area contributed by atoms with E-state index in [0.29, 0.717) is 16.8 Å². The first-order valence-electron chi connectivity index (χ1n) is 5.94. The zero-order valence-corrected chi connectivity index (χ0v) is 12.2. The van der Waals surface area contributed by atoms with E-state index in [4.69, 9.17) is 4.74 Å². The molecule has 1 heterocycles. The second-order valence-electron chi connectivity index (χ2n) is 4.13. The summed E-state index contributed by atoms with van der Waals surface area (Å²) in [7, 11) is 1.54. The molecular weight excluding hydrogens is 310 g/mol. The van der Waals surface area contributed by atoms with Crippen LogP contribution in [0.3, 0.4) is 0 Å². The number of nitrogens with zero attached hydrogens (tertiary/aromatic N) is 1. The number of phenols is 1. The normalized spacial score (nSPS) is 10.6. The predicted molar refractivity (Wildman–Crippen MR) is 76.4 cm³/mol. The number of hydrogen-bond donors (Lipinski definition) is 3. The number of aromatic nitrogens is 2. The van der Waals surface area contributed by atoms with Gasteiger partial charge in [0.25, 0.3) is 0 Å². The number of aromatic amines is 1. The molecule has 6 heteroatoms. The number of hydrogen-bond acceptors (Lipinski definition) is 4. The van der Waals surface area contributed by atoms with Crippen LogP contribution in [0.25, 0.3) is 0 Å². The van der Waals surface area contributed by atoms with Crippen molar-refractivity contribution < 1.29 is 9.84 Å². The number of halogens is 1. The van der Waals surface area contributed by atoms with Gasteiger partial charge in [-0.25, -0.2) is 4.98 Å². The molecule has 102 valence electrons. The number of benzene rings is 1. The van der Waals surface area contributed by atoms with Crippen molar-refractivity contribution in [1.29, 1.82) is 0 Å². The number of ether oxygens (including phenoxy) is 1. The molecule has 0 saturated carbocycles. The monoisotopic (exact) mass is 325 g/mol. The van der Waals surface area contributed by atoms with Gasteiger partial charge in [0, 0.05) is 31.4 Å². The van der Waals surface area contributed by atoms with Crippen molar-refractivity contribution in [3.8, 4) is 11.5 Å². The summed E-state index contributed by atoms with van der Waals surface area (Å²) in [5, 5.41) is 13.0. The highest BCUT2D eigenvalue weighted by Gasteiger charge is 2.08. The lowest BCUT2D eigenvalue weighted by atomic mass is 10.2. The summed E-state index contributed by atoms with van der Waals surface area (Å²) < 4.78 is 5.75. The van der Waals surface area contributed by atoms with Gasteiger partial charge in [0.2, 0.25) is 0 Å². The van der Waals surface area contributed by atoms with Gasteiger partial charge < -0.3 is 20.1 Å². The lowest BCUT2D eigenvalue weighted by molar-refractivity contribution is 0.371. The SMILES string of the molecule is COc1cc(CNCCc2cnc[nH]2)cc(Br)c1O. The minimum Gasteiger partial charge on any atom is -0.503 e. The molecule has 0 atom stereocenters. The molecule has 0 spiro atoms. The Morgan fingerprint density at radius 2 is 2.32 bits per heavy atom. The maximum Gasteiger partial charge on any atom is 0.172 e. The van der Waals surface area contributed by atoms with Gasteiger partial charge >= 0.3 is 0 Å². The van der Waals surface area contributed by atoms with E-state index in [1.807, 2.05) is 18.3 Å². The molecule has 0 aliphatic carbocycles. The molecule has 0 fully saturated rings. The topological polar surface area (TPSA) is 70.2 Å². The van der Waals surface area contributed by atoms with E-state index in [-0.39, 0.29) is 5.75 Å². The summed E-state index contributed by atoms with van der Waals surface area (Å²) in [5.74, 6) is 0.600. The Balaban J connectivity index is 1.87. The number of rotatable bonds is 6. The second-order valence-corrected chi connectivity index (χ2v) is 4.99. The molecule has 3 N–H and O–H groups in total. The smallest absolute Gasteiger partial charge is 0.172 e. The van der Waals surface area contributed by atoms with E-state index in [9.17, 15) is 5.11 Å². The zero-order chi connectivity index (χ0) is 13.7.